The first-order chi connectivity index (χ1) is 7.12. The van der Waals surface area contributed by atoms with Gasteiger partial charge in [0, 0.05) is 20.6 Å². The Hall–Kier alpha value is -0.670. The van der Waals surface area contributed by atoms with Crippen molar-refractivity contribution in [3.05, 3.63) is 35.9 Å². The van der Waals surface area contributed by atoms with Crippen LogP contribution in [0.5, 0.6) is 0 Å². The predicted octanol–water partition coefficient (Wildman–Crippen LogP) is 2.03. The van der Waals surface area contributed by atoms with Crippen molar-refractivity contribution in [3.8, 4) is 0 Å². The van der Waals surface area contributed by atoms with Gasteiger partial charge >= 0.3 is 7.60 Å². The van der Waals surface area contributed by atoms with Crippen LogP contribution in [0, 0.1) is 0 Å². The molecular weight excluding hydrogens is 215 g/mol. The minimum atomic E-state index is -3.38. The summed E-state index contributed by atoms with van der Waals surface area (Å²) in [6, 6.07) is 9.28. The van der Waals surface area contributed by atoms with Gasteiger partial charge in [0.15, 0.2) is 5.85 Å². The lowest BCUT2D eigenvalue weighted by molar-refractivity contribution is 0.174. The summed E-state index contributed by atoms with van der Waals surface area (Å²) in [6.45, 7) is 0. The Labute approximate surface area is 89.4 Å². The molecule has 1 aromatic rings. The SMILES string of the molecule is COP(=O)(OC)[C@H](O)Cc1ccccc1. The maximum absolute atomic E-state index is 11.8. The molecule has 0 saturated carbocycles. The van der Waals surface area contributed by atoms with Gasteiger partial charge in [0.25, 0.3) is 0 Å². The topological polar surface area (TPSA) is 55.8 Å². The summed E-state index contributed by atoms with van der Waals surface area (Å²) in [4.78, 5) is 0. The molecule has 0 amide bonds. The van der Waals surface area contributed by atoms with Crippen molar-refractivity contribution >= 4 is 7.60 Å². The molecule has 1 N–H and O–H groups in total. The van der Waals surface area contributed by atoms with Crippen molar-refractivity contribution in [2.45, 2.75) is 12.3 Å². The molecule has 0 bridgehead atoms. The van der Waals surface area contributed by atoms with Crippen molar-refractivity contribution in [2.24, 2.45) is 0 Å². The maximum Gasteiger partial charge on any atom is 0.358 e. The minimum Gasteiger partial charge on any atom is -0.380 e. The van der Waals surface area contributed by atoms with Crippen LogP contribution in [0.25, 0.3) is 0 Å². The van der Waals surface area contributed by atoms with E-state index in [1.807, 2.05) is 30.3 Å². The summed E-state index contributed by atoms with van der Waals surface area (Å²) in [7, 11) is -0.857. The smallest absolute Gasteiger partial charge is 0.358 e. The molecule has 0 spiro atoms. The molecule has 0 aromatic heterocycles. The minimum absolute atomic E-state index is 0.250. The van der Waals surface area contributed by atoms with Crippen molar-refractivity contribution in [1.29, 1.82) is 0 Å². The molecule has 0 fully saturated rings. The molecule has 1 rings (SSSR count). The van der Waals surface area contributed by atoms with Crippen LogP contribution >= 0.6 is 7.60 Å². The van der Waals surface area contributed by atoms with Crippen LogP contribution in [0.3, 0.4) is 0 Å². The average Bonchev–Trinajstić information content (AvgIpc) is 2.29. The van der Waals surface area contributed by atoms with Crippen molar-refractivity contribution < 1.29 is 18.7 Å². The van der Waals surface area contributed by atoms with Crippen LogP contribution in [0.2, 0.25) is 0 Å². The van der Waals surface area contributed by atoms with Gasteiger partial charge < -0.3 is 14.2 Å². The summed E-state index contributed by atoms with van der Waals surface area (Å²) in [5.41, 5.74) is 0.888. The highest BCUT2D eigenvalue weighted by Crippen LogP contribution is 2.51. The lowest BCUT2D eigenvalue weighted by Crippen LogP contribution is -2.13. The van der Waals surface area contributed by atoms with E-state index in [1.54, 1.807) is 0 Å². The first kappa shape index (κ1) is 12.4. The molecule has 0 radical (unpaired) electrons. The van der Waals surface area contributed by atoms with Crippen LogP contribution in [-0.2, 0) is 20.0 Å². The molecule has 0 aliphatic carbocycles. The van der Waals surface area contributed by atoms with Crippen LogP contribution in [0.1, 0.15) is 5.56 Å². The lowest BCUT2D eigenvalue weighted by atomic mass is 10.2. The zero-order valence-electron chi connectivity index (χ0n) is 8.79. The fourth-order valence-electron chi connectivity index (χ4n) is 1.25. The molecule has 1 atom stereocenters. The fraction of sp³-hybridized carbons (Fsp3) is 0.400. The van der Waals surface area contributed by atoms with Gasteiger partial charge in [-0.25, -0.2) is 0 Å². The second kappa shape index (κ2) is 5.42. The van der Waals surface area contributed by atoms with Crippen LogP contribution in [-0.4, -0.2) is 25.2 Å². The summed E-state index contributed by atoms with van der Waals surface area (Å²) < 4.78 is 21.2. The van der Waals surface area contributed by atoms with Gasteiger partial charge in [0.05, 0.1) is 0 Å². The fourth-order valence-corrected chi connectivity index (χ4v) is 2.32. The van der Waals surface area contributed by atoms with Crippen molar-refractivity contribution in [3.63, 3.8) is 0 Å². The van der Waals surface area contributed by atoms with E-state index in [9.17, 15) is 9.67 Å². The third-order valence-corrected chi connectivity index (χ3v) is 4.07. The summed E-state index contributed by atoms with van der Waals surface area (Å²) in [5, 5.41) is 9.71. The second-order valence-corrected chi connectivity index (χ2v) is 5.48. The number of hydrogen-bond acceptors (Lipinski definition) is 4. The van der Waals surface area contributed by atoms with E-state index in [-0.39, 0.29) is 6.42 Å². The molecule has 84 valence electrons. The third-order valence-electron chi connectivity index (χ3n) is 2.14. The largest absolute Gasteiger partial charge is 0.380 e. The average molecular weight is 230 g/mol. The number of aliphatic hydroxyl groups excluding tert-OH is 1. The van der Waals surface area contributed by atoms with E-state index >= 15 is 0 Å². The maximum atomic E-state index is 11.8. The Bertz CT molecular complexity index is 331. The first-order valence-electron chi connectivity index (χ1n) is 4.55. The second-order valence-electron chi connectivity index (χ2n) is 3.08. The van der Waals surface area contributed by atoms with Crippen molar-refractivity contribution in [2.75, 3.05) is 14.2 Å². The van der Waals surface area contributed by atoms with Gasteiger partial charge in [-0.05, 0) is 5.56 Å². The van der Waals surface area contributed by atoms with E-state index in [0.717, 1.165) is 5.56 Å². The first-order valence-corrected chi connectivity index (χ1v) is 6.16. The molecule has 15 heavy (non-hydrogen) atoms. The molecule has 5 heteroatoms. The van der Waals surface area contributed by atoms with Gasteiger partial charge in [-0.2, -0.15) is 0 Å². The summed E-state index contributed by atoms with van der Waals surface area (Å²) in [6.07, 6.45) is 0.250. The number of benzene rings is 1. The van der Waals surface area contributed by atoms with E-state index in [1.165, 1.54) is 14.2 Å². The van der Waals surface area contributed by atoms with E-state index in [0.29, 0.717) is 0 Å². The van der Waals surface area contributed by atoms with Gasteiger partial charge in [0.1, 0.15) is 0 Å². The number of rotatable bonds is 5. The zero-order valence-corrected chi connectivity index (χ0v) is 9.68. The highest BCUT2D eigenvalue weighted by molar-refractivity contribution is 7.54. The highest BCUT2D eigenvalue weighted by Gasteiger charge is 2.32. The summed E-state index contributed by atoms with van der Waals surface area (Å²) in [5.74, 6) is -1.13. The highest BCUT2D eigenvalue weighted by atomic mass is 31.2. The van der Waals surface area contributed by atoms with Crippen LogP contribution in [0.4, 0.5) is 0 Å². The van der Waals surface area contributed by atoms with E-state index < -0.39 is 13.4 Å². The molecule has 0 aliphatic rings. The Morgan fingerprint density at radius 3 is 2.27 bits per heavy atom. The van der Waals surface area contributed by atoms with E-state index in [2.05, 4.69) is 0 Å². The molecular formula is C10H15O4P. The summed E-state index contributed by atoms with van der Waals surface area (Å²) >= 11 is 0. The standard InChI is InChI=1S/C10H15O4P/c1-13-15(12,14-2)10(11)8-9-6-4-3-5-7-9/h3-7,10-11H,8H2,1-2H3/t10-/m0/s1. The van der Waals surface area contributed by atoms with Gasteiger partial charge in [-0.15, -0.1) is 0 Å². The molecule has 1 aromatic carbocycles. The Morgan fingerprint density at radius 2 is 1.80 bits per heavy atom. The Kier molecular flexibility index (Phi) is 4.48. The van der Waals surface area contributed by atoms with Crippen molar-refractivity contribution in [1.82, 2.24) is 0 Å². The van der Waals surface area contributed by atoms with Gasteiger partial charge in [-0.3, -0.25) is 4.57 Å². The molecule has 4 nitrogen and oxygen atoms in total. The molecule has 0 unspecified atom stereocenters. The molecule has 0 aliphatic heterocycles. The molecule has 0 heterocycles. The van der Waals surface area contributed by atoms with Crippen LogP contribution in [0.15, 0.2) is 30.3 Å². The van der Waals surface area contributed by atoms with E-state index in [4.69, 9.17) is 9.05 Å². The normalized spacial score (nSPS) is 13.8. The predicted molar refractivity (Wildman–Crippen MR) is 57.8 cm³/mol. The van der Waals surface area contributed by atoms with Crippen LogP contribution < -0.4 is 0 Å². The van der Waals surface area contributed by atoms with Gasteiger partial charge in [0.2, 0.25) is 0 Å². The monoisotopic (exact) mass is 230 g/mol. The van der Waals surface area contributed by atoms with Gasteiger partial charge in [-0.1, -0.05) is 30.3 Å². The Balaban J connectivity index is 2.71. The zero-order chi connectivity index (χ0) is 11.3. The number of aliphatic hydroxyl groups is 1. The number of hydrogen-bond donors (Lipinski definition) is 1. The quantitative estimate of drug-likeness (QED) is 0.786. The molecule has 0 saturated heterocycles. The lowest BCUT2D eigenvalue weighted by Gasteiger charge is -2.19. The third kappa shape index (κ3) is 3.14. The Morgan fingerprint density at radius 1 is 1.27 bits per heavy atom.